The van der Waals surface area contributed by atoms with Crippen molar-refractivity contribution >= 4 is 33.8 Å². The molecule has 2 N–H and O–H groups in total. The van der Waals surface area contributed by atoms with Crippen molar-refractivity contribution in [3.05, 3.63) is 69.2 Å². The minimum Gasteiger partial charge on any atom is -0.444 e. The summed E-state index contributed by atoms with van der Waals surface area (Å²) in [4.78, 5) is 47.1. The van der Waals surface area contributed by atoms with E-state index in [2.05, 4.69) is 20.8 Å². The number of nitrogens with two attached hydrogens (primary N) is 1. The number of hydrogen-bond acceptors (Lipinski definition) is 7. The van der Waals surface area contributed by atoms with E-state index in [0.29, 0.717) is 51.4 Å². The van der Waals surface area contributed by atoms with Gasteiger partial charge in [0, 0.05) is 50.7 Å². The van der Waals surface area contributed by atoms with E-state index in [1.807, 2.05) is 12.1 Å². The molecule has 4 rings (SSSR count). The minimum absolute atomic E-state index is 0.00748. The molecule has 0 aromatic heterocycles. The number of carbonyl (C=O) groups is 3. The van der Waals surface area contributed by atoms with Crippen LogP contribution in [0.25, 0.3) is 0 Å². The van der Waals surface area contributed by atoms with Gasteiger partial charge in [0.05, 0.1) is 36.8 Å². The lowest BCUT2D eigenvalue weighted by molar-refractivity contribution is -0.151. The average molecular weight is 781 g/mol. The van der Waals surface area contributed by atoms with E-state index in [9.17, 15) is 40.7 Å². The second-order valence-corrected chi connectivity index (χ2v) is 13.2. The van der Waals surface area contributed by atoms with Crippen LogP contribution < -0.4 is 5.73 Å². The van der Waals surface area contributed by atoms with Gasteiger partial charge in [-0.25, -0.2) is 4.79 Å². The number of ether oxygens (including phenoxy) is 2. The van der Waals surface area contributed by atoms with Crippen molar-refractivity contribution in [1.82, 2.24) is 19.6 Å². The Balaban J connectivity index is 1.61. The van der Waals surface area contributed by atoms with Crippen LogP contribution in [0.5, 0.6) is 0 Å². The number of rotatable bonds is 12. The minimum atomic E-state index is -5.08. The first kappa shape index (κ1) is 39.4. The Morgan fingerprint density at radius 1 is 1.00 bits per heavy atom. The summed E-state index contributed by atoms with van der Waals surface area (Å²) in [5.41, 5.74) is 2.84. The smallest absolute Gasteiger partial charge is 0.416 e. The topological polar surface area (TPSA) is 109 Å². The standard InChI is InChI=1S/C33H40BrF6N5O5/c1-42-28(20-44(29(46)3-2-8-41)10-9-43-11-13-49-14-12-43)45(19-24(30(42)47)15-22-4-6-27(34)7-5-22)31(48)50-21-23-16-25(32(35,36)37)18-26(17-23)33(38,39)40/h4-7,16-18,24,28H,2-3,8-15,19-21,41H2,1H3. The first-order valence-corrected chi connectivity index (χ1v) is 16.9. The van der Waals surface area contributed by atoms with E-state index in [-0.39, 0.29) is 56.9 Å². The van der Waals surface area contributed by atoms with Crippen LogP contribution in [0.1, 0.15) is 35.1 Å². The molecule has 2 atom stereocenters. The Morgan fingerprint density at radius 2 is 1.62 bits per heavy atom. The van der Waals surface area contributed by atoms with Gasteiger partial charge < -0.3 is 25.0 Å². The molecule has 0 radical (unpaired) electrons. The second-order valence-electron chi connectivity index (χ2n) is 12.3. The van der Waals surface area contributed by atoms with Crippen LogP contribution >= 0.6 is 15.9 Å². The molecule has 0 bridgehead atoms. The van der Waals surface area contributed by atoms with E-state index in [1.54, 1.807) is 12.1 Å². The Morgan fingerprint density at radius 3 is 2.20 bits per heavy atom. The summed E-state index contributed by atoms with van der Waals surface area (Å²) in [6.07, 6.45) is -11.5. The van der Waals surface area contributed by atoms with E-state index in [4.69, 9.17) is 15.2 Å². The molecule has 2 saturated heterocycles. The molecule has 2 aliphatic heterocycles. The lowest BCUT2D eigenvalue weighted by atomic mass is 9.94. The number of halogens is 7. The summed E-state index contributed by atoms with van der Waals surface area (Å²) >= 11 is 3.37. The molecule has 0 aliphatic carbocycles. The number of nitrogens with zero attached hydrogens (tertiary/aromatic N) is 4. The Labute approximate surface area is 294 Å². The van der Waals surface area contributed by atoms with Gasteiger partial charge in [0.15, 0.2) is 0 Å². The summed E-state index contributed by atoms with van der Waals surface area (Å²) in [5, 5.41) is 0. The zero-order valence-electron chi connectivity index (χ0n) is 27.4. The maximum atomic E-state index is 13.7. The van der Waals surface area contributed by atoms with Crippen LogP contribution in [-0.2, 0) is 44.4 Å². The number of alkyl halides is 6. The van der Waals surface area contributed by atoms with Crippen LogP contribution in [0.3, 0.4) is 0 Å². The third kappa shape index (κ3) is 10.8. The van der Waals surface area contributed by atoms with Crippen molar-refractivity contribution in [3.63, 3.8) is 0 Å². The molecule has 0 saturated carbocycles. The van der Waals surface area contributed by atoms with Gasteiger partial charge in [-0.05, 0) is 60.8 Å². The average Bonchev–Trinajstić information content (AvgIpc) is 3.07. The number of benzene rings is 2. The third-order valence-corrected chi connectivity index (χ3v) is 9.21. The first-order valence-electron chi connectivity index (χ1n) is 16.1. The Kier molecular flexibility index (Phi) is 13.5. The van der Waals surface area contributed by atoms with Crippen molar-refractivity contribution in [3.8, 4) is 0 Å². The van der Waals surface area contributed by atoms with Gasteiger partial charge in [-0.1, -0.05) is 28.1 Å². The molecule has 2 aliphatic rings. The quantitative estimate of drug-likeness (QED) is 0.303. The van der Waals surface area contributed by atoms with Gasteiger partial charge in [-0.15, -0.1) is 0 Å². The molecule has 50 heavy (non-hydrogen) atoms. The zero-order valence-corrected chi connectivity index (χ0v) is 29.0. The van der Waals surface area contributed by atoms with Crippen LogP contribution in [0, 0.1) is 5.92 Å². The SMILES string of the molecule is CN1C(=O)C(Cc2ccc(Br)cc2)CN(C(=O)OCc2cc(C(F)(F)F)cc(C(F)(F)F)c2)C1CN(CCN1CCOCC1)C(=O)CCCN. The molecular weight excluding hydrogens is 740 g/mol. The maximum Gasteiger partial charge on any atom is 0.416 e. The highest BCUT2D eigenvalue weighted by Gasteiger charge is 2.43. The first-order chi connectivity index (χ1) is 23.6. The fourth-order valence-electron chi connectivity index (χ4n) is 5.90. The monoisotopic (exact) mass is 779 g/mol. The predicted molar refractivity (Wildman–Crippen MR) is 173 cm³/mol. The molecule has 2 heterocycles. The van der Waals surface area contributed by atoms with Crippen molar-refractivity contribution in [2.24, 2.45) is 11.7 Å². The van der Waals surface area contributed by atoms with Crippen molar-refractivity contribution in [2.45, 2.75) is 44.4 Å². The van der Waals surface area contributed by atoms with E-state index in [0.717, 1.165) is 10.0 Å². The van der Waals surface area contributed by atoms with E-state index >= 15 is 0 Å². The molecule has 17 heteroatoms. The Hall–Kier alpha value is -3.41. The normalized spacial score (nSPS) is 19.1. The van der Waals surface area contributed by atoms with Gasteiger partial charge in [0.2, 0.25) is 11.8 Å². The van der Waals surface area contributed by atoms with Crippen molar-refractivity contribution in [2.75, 3.05) is 66.1 Å². The van der Waals surface area contributed by atoms with E-state index in [1.165, 1.54) is 21.7 Å². The van der Waals surface area contributed by atoms with Gasteiger partial charge in [-0.2, -0.15) is 26.3 Å². The highest BCUT2D eigenvalue weighted by atomic mass is 79.9. The van der Waals surface area contributed by atoms with Crippen molar-refractivity contribution in [1.29, 1.82) is 0 Å². The second kappa shape index (κ2) is 17.2. The van der Waals surface area contributed by atoms with Crippen molar-refractivity contribution < 1.29 is 50.2 Å². The summed E-state index contributed by atoms with van der Waals surface area (Å²) in [6.45, 7) is 2.24. The highest BCUT2D eigenvalue weighted by Crippen LogP contribution is 2.36. The lowest BCUT2D eigenvalue weighted by Crippen LogP contribution is -2.64. The number of amides is 3. The molecule has 2 aromatic rings. The highest BCUT2D eigenvalue weighted by molar-refractivity contribution is 9.10. The van der Waals surface area contributed by atoms with E-state index < -0.39 is 53.8 Å². The molecule has 0 spiro atoms. The van der Waals surface area contributed by atoms with Gasteiger partial charge in [0.25, 0.3) is 0 Å². The molecule has 2 unspecified atom stereocenters. The maximum absolute atomic E-state index is 13.7. The van der Waals surface area contributed by atoms with Crippen LogP contribution in [0.2, 0.25) is 0 Å². The number of carbonyl (C=O) groups excluding carboxylic acids is 3. The molecule has 2 aromatic carbocycles. The molecule has 2 fully saturated rings. The summed E-state index contributed by atoms with van der Waals surface area (Å²) < 4.78 is 92.4. The summed E-state index contributed by atoms with van der Waals surface area (Å²) in [5.74, 6) is -1.32. The summed E-state index contributed by atoms with van der Waals surface area (Å²) in [6, 6.07) is 8.18. The fourth-order valence-corrected chi connectivity index (χ4v) is 6.16. The van der Waals surface area contributed by atoms with Crippen LogP contribution in [0.4, 0.5) is 31.1 Å². The summed E-state index contributed by atoms with van der Waals surface area (Å²) in [7, 11) is 1.48. The largest absolute Gasteiger partial charge is 0.444 e. The van der Waals surface area contributed by atoms with Crippen LogP contribution in [-0.4, -0.2) is 110 Å². The molecule has 276 valence electrons. The van der Waals surface area contributed by atoms with Crippen LogP contribution in [0.15, 0.2) is 46.9 Å². The third-order valence-electron chi connectivity index (χ3n) is 8.68. The fraction of sp³-hybridized carbons (Fsp3) is 0.545. The zero-order chi connectivity index (χ0) is 36.6. The van der Waals surface area contributed by atoms with Gasteiger partial charge >= 0.3 is 18.4 Å². The van der Waals surface area contributed by atoms with Gasteiger partial charge in [-0.3, -0.25) is 19.4 Å². The lowest BCUT2D eigenvalue weighted by Gasteiger charge is -2.46. The number of hydrogen-bond donors (Lipinski definition) is 1. The predicted octanol–water partition coefficient (Wildman–Crippen LogP) is 4.98. The molecule has 3 amide bonds. The molecular formula is C33H40BrF6N5O5. The molecule has 10 nitrogen and oxygen atoms in total. The van der Waals surface area contributed by atoms with Gasteiger partial charge in [0.1, 0.15) is 12.8 Å². The number of morpholine rings is 1. The Bertz CT molecular complexity index is 1440. The number of likely N-dealkylation sites (N-methyl/N-ethyl adjacent to an activating group) is 1.